The van der Waals surface area contributed by atoms with Crippen LogP contribution in [0.2, 0.25) is 5.02 Å². The molecule has 1 spiro atoms. The van der Waals surface area contributed by atoms with Gasteiger partial charge >= 0.3 is 18.1 Å². The molecule has 2 aromatic carbocycles. The summed E-state index contributed by atoms with van der Waals surface area (Å²) >= 11 is 6.22. The number of ether oxygens (including phenoxy) is 3. The minimum Gasteiger partial charge on any atom is -0.480 e. The Kier molecular flexibility index (Phi) is 11.6. The Morgan fingerprint density at radius 2 is 1.94 bits per heavy atom. The summed E-state index contributed by atoms with van der Waals surface area (Å²) in [6, 6.07) is 11.0. The molecule has 2 aliphatic heterocycles. The number of rotatable bonds is 11. The van der Waals surface area contributed by atoms with Crippen molar-refractivity contribution in [1.82, 2.24) is 20.6 Å². The van der Waals surface area contributed by atoms with Crippen molar-refractivity contribution in [3.8, 4) is 5.88 Å². The molecule has 1 saturated heterocycles. The number of hydrogen-bond acceptors (Lipinski definition) is 10. The van der Waals surface area contributed by atoms with Gasteiger partial charge in [-0.05, 0) is 84.9 Å². The number of esters is 1. The van der Waals surface area contributed by atoms with Crippen molar-refractivity contribution in [1.29, 1.82) is 0 Å². The summed E-state index contributed by atoms with van der Waals surface area (Å²) in [7, 11) is 0. The van der Waals surface area contributed by atoms with Crippen LogP contribution in [0, 0.1) is 5.41 Å². The molecular weight excluding hydrogens is 731 g/mol. The number of carbonyl (C=O) groups excluding carboxylic acids is 2. The smallest absolute Gasteiger partial charge is 0.429 e. The third-order valence-corrected chi connectivity index (χ3v) is 10.1. The highest BCUT2D eigenvalue weighted by molar-refractivity contribution is 6.30. The molecule has 1 aromatic heterocycles. The Balaban J connectivity index is 1.31. The number of amides is 1. The van der Waals surface area contributed by atoms with Crippen LogP contribution in [0.15, 0.2) is 60.7 Å². The Morgan fingerprint density at radius 1 is 1.15 bits per heavy atom. The van der Waals surface area contributed by atoms with Crippen LogP contribution < -0.4 is 21.1 Å². The molecule has 16 heteroatoms. The number of allylic oxidation sites excluding steroid dienone is 2. The van der Waals surface area contributed by atoms with Gasteiger partial charge in [0.15, 0.2) is 0 Å². The second-order valence-corrected chi connectivity index (χ2v) is 13.8. The molecule has 3 aliphatic rings. The Bertz CT molecular complexity index is 1990. The standard InChI is InChI=1S/C38H39ClF3N5O7/c1-2-53-35(51)29-18-37(32(45-29)24-7-3-4-8-26(24)34(50)44-19-31(48)49)13-11-21(12-14-37)28-17-30(47-36(43)46-28)54-33(38(40,41)42)25-10-9-23(39)16-27(25)22-6-5-15-52-20-22/h3-4,6-11,16-17,29,32-33,45H,2,5,12-15,18-20H2,1H3,(H,44,50)(H,48,49)(H2,43,46,47)/t29?,32?,33-,37?/m1/s1. The highest BCUT2D eigenvalue weighted by Crippen LogP contribution is 2.54. The number of carboxylic acid groups (broad SMARTS) is 1. The summed E-state index contributed by atoms with van der Waals surface area (Å²) in [5, 5.41) is 15.2. The number of halogens is 4. The zero-order valence-corrected chi connectivity index (χ0v) is 30.0. The fourth-order valence-electron chi connectivity index (χ4n) is 7.45. The van der Waals surface area contributed by atoms with Crippen molar-refractivity contribution < 1.29 is 46.9 Å². The highest BCUT2D eigenvalue weighted by Gasteiger charge is 2.51. The number of anilines is 1. The minimum atomic E-state index is -4.85. The van der Waals surface area contributed by atoms with Crippen molar-refractivity contribution in [2.75, 3.05) is 32.1 Å². The predicted octanol–water partition coefficient (Wildman–Crippen LogP) is 6.23. The molecule has 3 unspecified atom stereocenters. The van der Waals surface area contributed by atoms with E-state index < -0.39 is 54.2 Å². The number of alkyl halides is 3. The van der Waals surface area contributed by atoms with E-state index in [2.05, 4.69) is 20.6 Å². The fourth-order valence-corrected chi connectivity index (χ4v) is 7.62. The van der Waals surface area contributed by atoms with Crippen LogP contribution in [0.25, 0.3) is 11.1 Å². The first-order valence-electron chi connectivity index (χ1n) is 17.4. The SMILES string of the molecule is CCOC(=O)C1CC2(CC=C(c3cc(O[C@H](c4ccc(Cl)cc4C4=CCCOC4)C(F)(F)F)nc(N)n3)CC2)C(c2ccccc2C(=O)NCC(=O)O)N1. The first-order chi connectivity index (χ1) is 25.8. The Labute approximate surface area is 313 Å². The van der Waals surface area contributed by atoms with Crippen LogP contribution in [0.3, 0.4) is 0 Å². The summed E-state index contributed by atoms with van der Waals surface area (Å²) in [5.41, 5.74) is 7.92. The maximum Gasteiger partial charge on any atom is 0.429 e. The lowest BCUT2D eigenvalue weighted by molar-refractivity contribution is -0.198. The largest absolute Gasteiger partial charge is 0.480 e. The summed E-state index contributed by atoms with van der Waals surface area (Å²) in [6.45, 7) is 1.89. The maximum absolute atomic E-state index is 14.7. The number of hydrogen-bond donors (Lipinski definition) is 4. The first-order valence-corrected chi connectivity index (χ1v) is 17.8. The highest BCUT2D eigenvalue weighted by atomic mass is 35.5. The van der Waals surface area contributed by atoms with Crippen LogP contribution >= 0.6 is 11.6 Å². The lowest BCUT2D eigenvalue weighted by atomic mass is 9.67. The first kappa shape index (κ1) is 38.7. The number of nitrogens with two attached hydrogens (primary N) is 1. The molecule has 1 fully saturated rings. The number of aliphatic carboxylic acids is 1. The minimum absolute atomic E-state index is 0.124. The molecule has 286 valence electrons. The van der Waals surface area contributed by atoms with E-state index in [-0.39, 0.29) is 52.4 Å². The molecule has 3 heterocycles. The summed E-state index contributed by atoms with van der Waals surface area (Å²) < 4.78 is 60.7. The molecule has 5 N–H and O–H groups in total. The zero-order valence-electron chi connectivity index (χ0n) is 29.2. The van der Waals surface area contributed by atoms with E-state index in [1.54, 1.807) is 31.2 Å². The maximum atomic E-state index is 14.7. The van der Waals surface area contributed by atoms with Crippen LogP contribution in [-0.2, 0) is 19.1 Å². The average Bonchev–Trinajstić information content (AvgIpc) is 3.51. The Hall–Kier alpha value is -4.99. The quantitative estimate of drug-likeness (QED) is 0.163. The normalized spacial score (nSPS) is 21.9. The summed E-state index contributed by atoms with van der Waals surface area (Å²) in [6.07, 6.45) is -1.40. The topological polar surface area (TPSA) is 175 Å². The fraction of sp³-hybridized carbons (Fsp3) is 0.395. The number of aromatic nitrogens is 2. The third-order valence-electron chi connectivity index (χ3n) is 9.86. The number of carboxylic acids is 1. The van der Waals surface area contributed by atoms with E-state index in [1.807, 2.05) is 12.2 Å². The predicted molar refractivity (Wildman–Crippen MR) is 192 cm³/mol. The van der Waals surface area contributed by atoms with Gasteiger partial charge in [-0.15, -0.1) is 0 Å². The molecule has 12 nitrogen and oxygen atoms in total. The van der Waals surface area contributed by atoms with E-state index >= 15 is 0 Å². The molecular formula is C38H39ClF3N5O7. The third kappa shape index (κ3) is 8.53. The van der Waals surface area contributed by atoms with Crippen molar-refractivity contribution in [2.45, 2.75) is 63.4 Å². The van der Waals surface area contributed by atoms with E-state index in [0.29, 0.717) is 55.4 Å². The van der Waals surface area contributed by atoms with Crippen LogP contribution in [0.4, 0.5) is 19.1 Å². The molecule has 1 amide bonds. The van der Waals surface area contributed by atoms with E-state index in [4.69, 9.17) is 36.7 Å². The lowest BCUT2D eigenvalue weighted by Gasteiger charge is -2.38. The second-order valence-electron chi connectivity index (χ2n) is 13.4. The van der Waals surface area contributed by atoms with Gasteiger partial charge in [0, 0.05) is 28.3 Å². The van der Waals surface area contributed by atoms with Gasteiger partial charge in [0.2, 0.25) is 17.9 Å². The van der Waals surface area contributed by atoms with Crippen LogP contribution in [0.1, 0.15) is 83.9 Å². The van der Waals surface area contributed by atoms with Gasteiger partial charge in [-0.1, -0.05) is 48.0 Å². The molecule has 0 radical (unpaired) electrons. The van der Waals surface area contributed by atoms with Crippen molar-refractivity contribution in [3.63, 3.8) is 0 Å². The second kappa shape index (κ2) is 16.2. The molecule has 1 aliphatic carbocycles. The van der Waals surface area contributed by atoms with Gasteiger partial charge < -0.3 is 30.4 Å². The van der Waals surface area contributed by atoms with Crippen molar-refractivity contribution in [3.05, 3.63) is 93.7 Å². The van der Waals surface area contributed by atoms with Crippen molar-refractivity contribution >= 4 is 46.5 Å². The van der Waals surface area contributed by atoms with E-state index in [1.165, 1.54) is 24.3 Å². The average molecular weight is 770 g/mol. The molecule has 54 heavy (non-hydrogen) atoms. The zero-order chi connectivity index (χ0) is 38.6. The van der Waals surface area contributed by atoms with Gasteiger partial charge in [-0.25, -0.2) is 4.98 Å². The summed E-state index contributed by atoms with van der Waals surface area (Å²) in [5.74, 6) is -2.87. The van der Waals surface area contributed by atoms with Gasteiger partial charge in [0.25, 0.3) is 5.91 Å². The molecule has 0 bridgehead atoms. The Morgan fingerprint density at radius 3 is 2.63 bits per heavy atom. The molecule has 4 atom stereocenters. The lowest BCUT2D eigenvalue weighted by Crippen LogP contribution is -2.36. The number of nitrogens with zero attached hydrogens (tertiary/aromatic N) is 2. The number of nitrogen functional groups attached to an aromatic ring is 1. The van der Waals surface area contributed by atoms with Crippen LogP contribution in [0.5, 0.6) is 5.88 Å². The van der Waals surface area contributed by atoms with E-state index in [9.17, 15) is 27.6 Å². The van der Waals surface area contributed by atoms with Crippen LogP contribution in [-0.4, -0.2) is 71.5 Å². The van der Waals surface area contributed by atoms with Gasteiger partial charge in [0.05, 0.1) is 25.5 Å². The van der Waals surface area contributed by atoms with Gasteiger partial charge in [0.1, 0.15) is 12.6 Å². The molecule has 3 aromatic rings. The number of benzene rings is 2. The van der Waals surface area contributed by atoms with Gasteiger partial charge in [-0.2, -0.15) is 18.2 Å². The molecule has 0 saturated carbocycles. The number of carbonyl (C=O) groups is 3. The number of nitrogens with one attached hydrogen (secondary N) is 2. The van der Waals surface area contributed by atoms with Gasteiger partial charge in [-0.3, -0.25) is 19.7 Å². The summed E-state index contributed by atoms with van der Waals surface area (Å²) in [4.78, 5) is 45.6. The van der Waals surface area contributed by atoms with E-state index in [0.717, 1.165) is 0 Å². The molecule has 6 rings (SSSR count). The monoisotopic (exact) mass is 769 g/mol. The van der Waals surface area contributed by atoms with Crippen molar-refractivity contribution in [2.24, 2.45) is 5.41 Å².